The molecule has 0 heterocycles. The zero-order valence-corrected chi connectivity index (χ0v) is 18.9. The Labute approximate surface area is 183 Å². The molecule has 4 atom stereocenters. The molecule has 0 aromatic heterocycles. The second kappa shape index (κ2) is 10.3. The lowest BCUT2D eigenvalue weighted by molar-refractivity contribution is 0.108. The SMILES string of the molecule is CCCC1CCC(CCC2CCC3CC(c4ccc(C#N)c(F)c4)CCC3C2)CC1. The molecule has 0 amide bonds. The van der Waals surface area contributed by atoms with Gasteiger partial charge >= 0.3 is 0 Å². The van der Waals surface area contributed by atoms with Crippen LogP contribution in [0, 0.1) is 46.7 Å². The van der Waals surface area contributed by atoms with E-state index in [0.717, 1.165) is 35.2 Å². The van der Waals surface area contributed by atoms with Gasteiger partial charge in [-0.05, 0) is 85.3 Å². The van der Waals surface area contributed by atoms with Gasteiger partial charge < -0.3 is 0 Å². The first kappa shape index (κ1) is 21.9. The molecule has 30 heavy (non-hydrogen) atoms. The van der Waals surface area contributed by atoms with E-state index in [2.05, 4.69) is 6.92 Å². The van der Waals surface area contributed by atoms with E-state index in [1.54, 1.807) is 12.1 Å². The Morgan fingerprint density at radius 2 is 1.47 bits per heavy atom. The van der Waals surface area contributed by atoms with Gasteiger partial charge in [0.1, 0.15) is 11.9 Å². The third-order valence-corrected chi connectivity index (χ3v) is 8.95. The van der Waals surface area contributed by atoms with Crippen molar-refractivity contribution in [1.82, 2.24) is 0 Å². The van der Waals surface area contributed by atoms with Crippen molar-refractivity contribution in [2.75, 3.05) is 0 Å². The van der Waals surface area contributed by atoms with Crippen LogP contribution >= 0.6 is 0 Å². The highest BCUT2D eigenvalue weighted by Crippen LogP contribution is 2.49. The number of halogens is 1. The Bertz CT molecular complexity index is 727. The molecule has 1 aromatic rings. The molecule has 2 heteroatoms. The van der Waals surface area contributed by atoms with Crippen LogP contribution in [-0.2, 0) is 0 Å². The Balaban J connectivity index is 1.22. The van der Waals surface area contributed by atoms with E-state index in [-0.39, 0.29) is 11.4 Å². The van der Waals surface area contributed by atoms with Crippen molar-refractivity contribution in [3.63, 3.8) is 0 Å². The van der Waals surface area contributed by atoms with E-state index in [9.17, 15) is 4.39 Å². The summed E-state index contributed by atoms with van der Waals surface area (Å²) in [7, 11) is 0. The van der Waals surface area contributed by atoms with Crippen molar-refractivity contribution in [2.24, 2.45) is 29.6 Å². The second-order valence-electron chi connectivity index (χ2n) is 10.8. The molecule has 164 valence electrons. The van der Waals surface area contributed by atoms with Crippen LogP contribution in [0.4, 0.5) is 4.39 Å². The zero-order valence-electron chi connectivity index (χ0n) is 18.9. The average molecular weight is 410 g/mol. The minimum atomic E-state index is -0.343. The fraction of sp³-hybridized carbons (Fsp3) is 0.750. The summed E-state index contributed by atoms with van der Waals surface area (Å²) in [5.74, 6) is 4.89. The Morgan fingerprint density at radius 3 is 2.17 bits per heavy atom. The first-order valence-corrected chi connectivity index (χ1v) is 12.9. The van der Waals surface area contributed by atoms with Crippen LogP contribution < -0.4 is 0 Å². The van der Waals surface area contributed by atoms with E-state index in [1.807, 2.05) is 12.1 Å². The van der Waals surface area contributed by atoms with Crippen molar-refractivity contribution in [3.05, 3.63) is 35.1 Å². The van der Waals surface area contributed by atoms with Crippen LogP contribution in [0.25, 0.3) is 0 Å². The number of nitrogens with zero attached hydrogens (tertiary/aromatic N) is 1. The van der Waals surface area contributed by atoms with Crippen LogP contribution in [-0.4, -0.2) is 0 Å². The minimum Gasteiger partial charge on any atom is -0.206 e. The molecule has 3 aliphatic rings. The predicted molar refractivity (Wildman–Crippen MR) is 122 cm³/mol. The molecule has 0 N–H and O–H groups in total. The van der Waals surface area contributed by atoms with Crippen LogP contribution in [0.1, 0.15) is 114 Å². The molecule has 0 spiro atoms. The van der Waals surface area contributed by atoms with Gasteiger partial charge in [-0.25, -0.2) is 4.39 Å². The summed E-state index contributed by atoms with van der Waals surface area (Å²) < 4.78 is 14.1. The molecule has 0 aliphatic heterocycles. The lowest BCUT2D eigenvalue weighted by atomic mass is 9.63. The van der Waals surface area contributed by atoms with E-state index in [4.69, 9.17) is 5.26 Å². The first-order chi connectivity index (χ1) is 14.7. The number of hydrogen-bond donors (Lipinski definition) is 0. The summed E-state index contributed by atoms with van der Waals surface area (Å²) in [5.41, 5.74) is 1.29. The maximum Gasteiger partial charge on any atom is 0.141 e. The van der Waals surface area contributed by atoms with Gasteiger partial charge in [0.2, 0.25) is 0 Å². The molecular formula is C28H40FN. The fourth-order valence-corrected chi connectivity index (χ4v) is 7.12. The molecule has 1 nitrogen and oxygen atoms in total. The zero-order chi connectivity index (χ0) is 20.9. The van der Waals surface area contributed by atoms with E-state index < -0.39 is 0 Å². The lowest BCUT2D eigenvalue weighted by Gasteiger charge is -2.43. The van der Waals surface area contributed by atoms with Crippen LogP contribution in [0.2, 0.25) is 0 Å². The van der Waals surface area contributed by atoms with Gasteiger partial charge in [0.15, 0.2) is 0 Å². The number of hydrogen-bond acceptors (Lipinski definition) is 1. The normalized spacial score (nSPS) is 34.2. The van der Waals surface area contributed by atoms with Gasteiger partial charge in [-0.2, -0.15) is 5.26 Å². The molecule has 3 fully saturated rings. The van der Waals surface area contributed by atoms with Crippen molar-refractivity contribution in [2.45, 2.75) is 103 Å². The summed E-state index contributed by atoms with van der Waals surface area (Å²) in [6, 6.07) is 7.24. The van der Waals surface area contributed by atoms with Crippen molar-refractivity contribution >= 4 is 0 Å². The van der Waals surface area contributed by atoms with Crippen molar-refractivity contribution < 1.29 is 4.39 Å². The predicted octanol–water partition coefficient (Wildman–Crippen LogP) is 8.38. The number of benzene rings is 1. The Hall–Kier alpha value is -1.36. The summed E-state index contributed by atoms with van der Waals surface area (Å²) >= 11 is 0. The van der Waals surface area contributed by atoms with Gasteiger partial charge in [-0.3, -0.25) is 0 Å². The number of nitriles is 1. The van der Waals surface area contributed by atoms with Gasteiger partial charge in [-0.1, -0.05) is 70.8 Å². The number of fused-ring (bicyclic) bond motifs is 1. The molecular weight excluding hydrogens is 369 g/mol. The highest BCUT2D eigenvalue weighted by Gasteiger charge is 2.36. The molecule has 0 saturated heterocycles. The summed E-state index contributed by atoms with van der Waals surface area (Å²) in [6.45, 7) is 2.33. The van der Waals surface area contributed by atoms with Crippen LogP contribution in [0.5, 0.6) is 0 Å². The quantitative estimate of drug-likeness (QED) is 0.463. The van der Waals surface area contributed by atoms with E-state index in [1.165, 1.54) is 89.9 Å². The summed E-state index contributed by atoms with van der Waals surface area (Å²) in [6.07, 6.45) is 19.7. The fourth-order valence-electron chi connectivity index (χ4n) is 7.12. The maximum absolute atomic E-state index is 14.1. The van der Waals surface area contributed by atoms with Crippen LogP contribution in [0.15, 0.2) is 18.2 Å². The second-order valence-corrected chi connectivity index (χ2v) is 10.8. The van der Waals surface area contributed by atoms with E-state index >= 15 is 0 Å². The first-order valence-electron chi connectivity index (χ1n) is 12.9. The average Bonchev–Trinajstić information content (AvgIpc) is 2.78. The monoisotopic (exact) mass is 409 g/mol. The minimum absolute atomic E-state index is 0.173. The topological polar surface area (TPSA) is 23.8 Å². The molecule has 4 rings (SSSR count). The molecule has 0 bridgehead atoms. The third kappa shape index (κ3) is 5.27. The lowest BCUT2D eigenvalue weighted by Crippen LogP contribution is -2.30. The molecule has 1 aromatic carbocycles. The largest absolute Gasteiger partial charge is 0.206 e. The van der Waals surface area contributed by atoms with Gasteiger partial charge in [0.25, 0.3) is 0 Å². The molecule has 4 unspecified atom stereocenters. The van der Waals surface area contributed by atoms with Crippen LogP contribution in [0.3, 0.4) is 0 Å². The Kier molecular flexibility index (Phi) is 7.50. The highest BCUT2D eigenvalue weighted by atomic mass is 19.1. The van der Waals surface area contributed by atoms with E-state index in [0.29, 0.717) is 5.92 Å². The Morgan fingerprint density at radius 1 is 0.833 bits per heavy atom. The summed E-state index contributed by atoms with van der Waals surface area (Å²) in [4.78, 5) is 0. The van der Waals surface area contributed by atoms with Crippen molar-refractivity contribution in [3.8, 4) is 6.07 Å². The molecule has 3 aliphatic carbocycles. The smallest absolute Gasteiger partial charge is 0.141 e. The van der Waals surface area contributed by atoms with Gasteiger partial charge in [-0.15, -0.1) is 0 Å². The van der Waals surface area contributed by atoms with Gasteiger partial charge in [0.05, 0.1) is 5.56 Å². The molecule has 3 saturated carbocycles. The van der Waals surface area contributed by atoms with Crippen molar-refractivity contribution in [1.29, 1.82) is 5.26 Å². The molecule has 0 radical (unpaired) electrons. The maximum atomic E-state index is 14.1. The standard InChI is InChI=1S/C28H40FN/c1-2-3-20-4-6-21(7-5-20)8-9-22-10-11-24-17-25(13-12-23(24)16-22)26-14-15-27(19-30)28(29)18-26/h14-15,18,20-25H,2-13,16-17H2,1H3. The number of rotatable bonds is 6. The third-order valence-electron chi connectivity index (χ3n) is 8.95. The van der Waals surface area contributed by atoms with Gasteiger partial charge in [0, 0.05) is 0 Å². The summed E-state index contributed by atoms with van der Waals surface area (Å²) in [5, 5.41) is 8.97. The highest BCUT2D eigenvalue weighted by molar-refractivity contribution is 5.35.